The molecular weight excluding hydrogens is 508 g/mol. The summed E-state index contributed by atoms with van der Waals surface area (Å²) in [6.07, 6.45) is 0.389. The first-order chi connectivity index (χ1) is 18.1. The molecular formula is C26H32N6O5S. The molecule has 1 aliphatic heterocycles. The lowest BCUT2D eigenvalue weighted by Gasteiger charge is -2.25. The number of nitrogens with one attached hydrogen (secondary N) is 5. The third-order valence-electron chi connectivity index (χ3n) is 6.32. The zero-order valence-electron chi connectivity index (χ0n) is 21.1. The van der Waals surface area contributed by atoms with Crippen molar-refractivity contribution < 1.29 is 23.1 Å². The summed E-state index contributed by atoms with van der Waals surface area (Å²) < 4.78 is 28.1. The molecule has 3 unspecified atom stereocenters. The number of aliphatic hydroxyl groups excluding tert-OH is 1. The van der Waals surface area contributed by atoms with Crippen molar-refractivity contribution in [2.45, 2.75) is 55.8 Å². The zero-order valence-corrected chi connectivity index (χ0v) is 22.0. The Hall–Kier alpha value is -3.58. The van der Waals surface area contributed by atoms with Crippen LogP contribution >= 0.6 is 0 Å². The number of anilines is 1. The van der Waals surface area contributed by atoms with Crippen LogP contribution in [0.1, 0.15) is 23.2 Å². The van der Waals surface area contributed by atoms with Crippen LogP contribution < -0.4 is 20.7 Å². The van der Waals surface area contributed by atoms with Gasteiger partial charge in [0.2, 0.25) is 21.9 Å². The van der Waals surface area contributed by atoms with Gasteiger partial charge in [0.15, 0.2) is 6.10 Å². The molecule has 6 N–H and O–H groups in total. The smallest absolute Gasteiger partial charge is 0.257 e. The number of aryl methyl sites for hydroxylation is 2. The van der Waals surface area contributed by atoms with E-state index in [0.717, 1.165) is 16.8 Å². The normalized spacial score (nSPS) is 19.0. The second-order valence-electron chi connectivity index (χ2n) is 9.48. The van der Waals surface area contributed by atoms with Crippen LogP contribution in [0.2, 0.25) is 0 Å². The van der Waals surface area contributed by atoms with Crippen LogP contribution in [0, 0.1) is 13.8 Å². The van der Waals surface area contributed by atoms with E-state index in [2.05, 4.69) is 30.6 Å². The number of carbonyl (C=O) groups is 2. The van der Waals surface area contributed by atoms with Crippen molar-refractivity contribution >= 4 is 27.8 Å². The number of aliphatic hydroxyl groups is 1. The second-order valence-corrected chi connectivity index (χ2v) is 11.2. The van der Waals surface area contributed by atoms with Gasteiger partial charge in [0, 0.05) is 24.5 Å². The first kappa shape index (κ1) is 27.5. The van der Waals surface area contributed by atoms with E-state index < -0.39 is 46.1 Å². The molecule has 0 bridgehead atoms. The molecule has 1 saturated heterocycles. The lowest BCUT2D eigenvalue weighted by molar-refractivity contribution is -0.128. The maximum absolute atomic E-state index is 13.1. The van der Waals surface area contributed by atoms with E-state index in [1.807, 2.05) is 37.3 Å². The highest BCUT2D eigenvalue weighted by Crippen LogP contribution is 2.15. The molecule has 3 aromatic rings. The fraction of sp³-hybridized carbons (Fsp3) is 0.346. The Morgan fingerprint density at radius 1 is 1.11 bits per heavy atom. The topological polar surface area (TPSA) is 165 Å². The number of hydrogen-bond donors (Lipinski definition) is 6. The summed E-state index contributed by atoms with van der Waals surface area (Å²) in [5.41, 5.74) is 2.51. The van der Waals surface area contributed by atoms with Crippen molar-refractivity contribution in [1.29, 1.82) is 0 Å². The van der Waals surface area contributed by atoms with Crippen molar-refractivity contribution in [1.82, 2.24) is 25.3 Å². The SMILES string of the molecule is Cc1ccc(S(=O)(=O)NC2CN[C@H](C(=O)NC(Cc3ccccc3)C(O)C(=O)Nc3ncc(C)[nH]3)C2)cc1. The Balaban J connectivity index is 1.40. The molecule has 12 heteroatoms. The number of benzene rings is 2. The first-order valence-electron chi connectivity index (χ1n) is 12.3. The van der Waals surface area contributed by atoms with Gasteiger partial charge in [-0.25, -0.2) is 18.1 Å². The molecule has 1 fully saturated rings. The van der Waals surface area contributed by atoms with Crippen LogP contribution in [0.4, 0.5) is 5.95 Å². The number of carbonyl (C=O) groups excluding carboxylic acids is 2. The van der Waals surface area contributed by atoms with E-state index in [9.17, 15) is 23.1 Å². The van der Waals surface area contributed by atoms with E-state index in [1.54, 1.807) is 25.3 Å². The highest BCUT2D eigenvalue weighted by Gasteiger charge is 2.35. The second kappa shape index (κ2) is 11.9. The minimum Gasteiger partial charge on any atom is -0.381 e. The van der Waals surface area contributed by atoms with Gasteiger partial charge in [-0.05, 0) is 44.4 Å². The summed E-state index contributed by atoms with van der Waals surface area (Å²) in [4.78, 5) is 32.9. The summed E-state index contributed by atoms with van der Waals surface area (Å²) in [5, 5.41) is 19.2. The predicted molar refractivity (Wildman–Crippen MR) is 142 cm³/mol. The average Bonchev–Trinajstić information content (AvgIpc) is 3.52. The van der Waals surface area contributed by atoms with Crippen LogP contribution in [0.3, 0.4) is 0 Å². The van der Waals surface area contributed by atoms with Gasteiger partial charge in [0.1, 0.15) is 0 Å². The Morgan fingerprint density at radius 3 is 2.47 bits per heavy atom. The van der Waals surface area contributed by atoms with Gasteiger partial charge in [0.25, 0.3) is 5.91 Å². The Bertz CT molecular complexity index is 1360. The molecule has 1 aromatic heterocycles. The number of aromatic amines is 1. The van der Waals surface area contributed by atoms with Gasteiger partial charge in [-0.3, -0.25) is 14.9 Å². The highest BCUT2D eigenvalue weighted by atomic mass is 32.2. The van der Waals surface area contributed by atoms with E-state index in [0.29, 0.717) is 0 Å². The third-order valence-corrected chi connectivity index (χ3v) is 7.86. The molecule has 0 aliphatic carbocycles. The standard InChI is InChI=1S/C26H32N6O5S/c1-16-8-10-20(11-9-16)38(36,37)32-19-13-22(27-15-19)24(34)30-21(12-18-6-4-3-5-7-18)23(33)25(35)31-26-28-14-17(2)29-26/h3-11,14,19,21-23,27,32-33H,12-13,15H2,1-2H3,(H,30,34)(H2,28,29,31,35)/t19?,21?,22-,23?/m0/s1. The number of hydrogen-bond acceptors (Lipinski definition) is 7. The molecule has 4 atom stereocenters. The lowest BCUT2D eigenvalue weighted by atomic mass is 10.00. The Labute approximate surface area is 221 Å². The first-order valence-corrected chi connectivity index (χ1v) is 13.8. The molecule has 202 valence electrons. The van der Waals surface area contributed by atoms with Crippen molar-refractivity contribution in [2.24, 2.45) is 0 Å². The summed E-state index contributed by atoms with van der Waals surface area (Å²) in [7, 11) is -3.75. The summed E-state index contributed by atoms with van der Waals surface area (Å²) >= 11 is 0. The van der Waals surface area contributed by atoms with Crippen molar-refractivity contribution in [3.8, 4) is 0 Å². The Kier molecular flexibility index (Phi) is 8.57. The van der Waals surface area contributed by atoms with Crippen LogP contribution in [0.25, 0.3) is 0 Å². The van der Waals surface area contributed by atoms with E-state index in [1.165, 1.54) is 12.1 Å². The quantitative estimate of drug-likeness (QED) is 0.221. The van der Waals surface area contributed by atoms with Crippen LogP contribution in [0.5, 0.6) is 0 Å². The fourth-order valence-electron chi connectivity index (χ4n) is 4.27. The van der Waals surface area contributed by atoms with Crippen LogP contribution in [-0.2, 0) is 26.0 Å². The number of rotatable bonds is 10. The summed E-state index contributed by atoms with van der Waals surface area (Å²) in [5.74, 6) is -0.968. The van der Waals surface area contributed by atoms with Gasteiger partial charge in [0.05, 0.1) is 17.0 Å². The maximum atomic E-state index is 13.1. The molecule has 0 spiro atoms. The molecule has 1 aliphatic rings. The molecule has 0 saturated carbocycles. The molecule has 4 rings (SSSR count). The predicted octanol–water partition coefficient (Wildman–Crippen LogP) is 0.762. The minimum atomic E-state index is -3.75. The number of amides is 2. The number of imidazole rings is 1. The Morgan fingerprint density at radius 2 is 1.82 bits per heavy atom. The minimum absolute atomic E-state index is 0.153. The van der Waals surface area contributed by atoms with Gasteiger partial charge < -0.3 is 20.7 Å². The number of aromatic nitrogens is 2. The molecule has 2 heterocycles. The van der Waals surface area contributed by atoms with Crippen LogP contribution in [-0.4, -0.2) is 66.1 Å². The van der Waals surface area contributed by atoms with Crippen molar-refractivity contribution in [3.63, 3.8) is 0 Å². The average molecular weight is 541 g/mol. The van der Waals surface area contributed by atoms with Gasteiger partial charge >= 0.3 is 0 Å². The van der Waals surface area contributed by atoms with Crippen molar-refractivity contribution in [3.05, 3.63) is 77.6 Å². The molecule has 2 aromatic carbocycles. The lowest BCUT2D eigenvalue weighted by Crippen LogP contribution is -2.53. The fourth-order valence-corrected chi connectivity index (χ4v) is 5.52. The molecule has 0 radical (unpaired) electrons. The van der Waals surface area contributed by atoms with E-state index in [-0.39, 0.29) is 30.2 Å². The highest BCUT2D eigenvalue weighted by molar-refractivity contribution is 7.89. The number of sulfonamides is 1. The van der Waals surface area contributed by atoms with Crippen LogP contribution in [0.15, 0.2) is 65.7 Å². The van der Waals surface area contributed by atoms with E-state index >= 15 is 0 Å². The molecule has 11 nitrogen and oxygen atoms in total. The molecule has 2 amide bonds. The van der Waals surface area contributed by atoms with Gasteiger partial charge in [-0.1, -0.05) is 48.0 Å². The number of H-pyrrole nitrogens is 1. The van der Waals surface area contributed by atoms with Crippen molar-refractivity contribution in [2.75, 3.05) is 11.9 Å². The summed E-state index contributed by atoms with van der Waals surface area (Å²) in [6.45, 7) is 3.91. The maximum Gasteiger partial charge on any atom is 0.257 e. The number of nitrogens with zero attached hydrogens (tertiary/aromatic N) is 1. The monoisotopic (exact) mass is 540 g/mol. The van der Waals surface area contributed by atoms with E-state index in [4.69, 9.17) is 0 Å². The third kappa shape index (κ3) is 7.04. The van der Waals surface area contributed by atoms with Gasteiger partial charge in [-0.15, -0.1) is 0 Å². The summed E-state index contributed by atoms with van der Waals surface area (Å²) in [6, 6.07) is 13.5. The largest absolute Gasteiger partial charge is 0.381 e. The van der Waals surface area contributed by atoms with Gasteiger partial charge in [-0.2, -0.15) is 0 Å². The zero-order chi connectivity index (χ0) is 27.3. The molecule has 38 heavy (non-hydrogen) atoms.